The summed E-state index contributed by atoms with van der Waals surface area (Å²) in [5, 5.41) is 24.6. The van der Waals surface area contributed by atoms with E-state index in [9.17, 15) is 15.2 Å². The van der Waals surface area contributed by atoms with Crippen LogP contribution in [0.4, 0.5) is 5.69 Å². The Balaban J connectivity index is 2.50. The molecular weight excluding hydrogens is 260 g/mol. The molecule has 2 rings (SSSR count). The molecule has 0 aliphatic carbocycles. The predicted molar refractivity (Wildman–Crippen MR) is 74.8 cm³/mol. The smallest absolute Gasteiger partial charge is 0.270 e. The van der Waals surface area contributed by atoms with Crippen molar-refractivity contribution in [2.45, 2.75) is 51.5 Å². The molecule has 2 N–H and O–H groups in total. The first kappa shape index (κ1) is 14.7. The quantitative estimate of drug-likeness (QED) is 0.654. The summed E-state index contributed by atoms with van der Waals surface area (Å²) in [6, 6.07) is 4.22. The van der Waals surface area contributed by atoms with Gasteiger partial charge in [-0.25, -0.2) is 0 Å². The average molecular weight is 280 g/mol. The van der Waals surface area contributed by atoms with Crippen molar-refractivity contribution in [3.05, 3.63) is 33.9 Å². The van der Waals surface area contributed by atoms with Gasteiger partial charge in [0, 0.05) is 23.7 Å². The van der Waals surface area contributed by atoms with Gasteiger partial charge in [-0.15, -0.1) is 0 Å². The number of nitro benzene ring substituents is 1. The molecule has 20 heavy (non-hydrogen) atoms. The predicted octanol–water partition coefficient (Wildman–Crippen LogP) is 2.17. The van der Waals surface area contributed by atoms with E-state index in [-0.39, 0.29) is 11.7 Å². The Labute approximate surface area is 117 Å². The molecule has 0 spiro atoms. The molecule has 0 aromatic heterocycles. The number of non-ortho nitro benzene ring substituents is 1. The molecule has 1 aliphatic heterocycles. The van der Waals surface area contributed by atoms with E-state index in [1.807, 2.05) is 13.8 Å². The van der Waals surface area contributed by atoms with E-state index in [1.165, 1.54) is 12.1 Å². The molecule has 1 aromatic rings. The Bertz CT molecular complexity index is 528. The fourth-order valence-corrected chi connectivity index (χ4v) is 2.44. The highest BCUT2D eigenvalue weighted by Gasteiger charge is 2.43. The zero-order chi connectivity index (χ0) is 15.1. The van der Waals surface area contributed by atoms with Crippen LogP contribution in [-0.4, -0.2) is 27.8 Å². The fourth-order valence-electron chi connectivity index (χ4n) is 2.44. The Hall–Kier alpha value is -1.66. The van der Waals surface area contributed by atoms with Crippen LogP contribution in [0.15, 0.2) is 18.2 Å². The molecule has 2 atom stereocenters. The lowest BCUT2D eigenvalue weighted by atomic mass is 9.86. The minimum Gasteiger partial charge on any atom is -0.485 e. The summed E-state index contributed by atoms with van der Waals surface area (Å²) in [6.07, 6.45) is -0.792. The number of nitrogens with one attached hydrogen (secondary N) is 1. The third kappa shape index (κ3) is 2.62. The molecule has 0 amide bonds. The van der Waals surface area contributed by atoms with Crippen LogP contribution in [0.2, 0.25) is 0 Å². The summed E-state index contributed by atoms with van der Waals surface area (Å²) >= 11 is 0. The van der Waals surface area contributed by atoms with Crippen LogP contribution in [0.3, 0.4) is 0 Å². The topological polar surface area (TPSA) is 84.6 Å². The third-order valence-corrected chi connectivity index (χ3v) is 3.45. The van der Waals surface area contributed by atoms with Crippen molar-refractivity contribution in [2.75, 3.05) is 0 Å². The summed E-state index contributed by atoms with van der Waals surface area (Å²) < 4.78 is 5.77. The standard InChI is InChI=1S/C14H20N2O4/c1-8(2)15-12-10-7-9(16(18)19)5-6-11(10)20-14(3,4)13(12)17/h5-8,12-13,15,17H,1-4H3/t12-,13+/m1/s1. The summed E-state index contributed by atoms with van der Waals surface area (Å²) in [6.45, 7) is 7.53. The maximum absolute atomic E-state index is 10.9. The van der Waals surface area contributed by atoms with E-state index >= 15 is 0 Å². The van der Waals surface area contributed by atoms with Crippen LogP contribution in [-0.2, 0) is 0 Å². The number of fused-ring (bicyclic) bond motifs is 1. The van der Waals surface area contributed by atoms with E-state index in [2.05, 4.69) is 5.32 Å². The van der Waals surface area contributed by atoms with Gasteiger partial charge < -0.3 is 15.2 Å². The minimum absolute atomic E-state index is 0.00480. The summed E-state index contributed by atoms with van der Waals surface area (Å²) in [5.41, 5.74) is -0.134. The number of nitro groups is 1. The second-order valence-corrected chi connectivity index (χ2v) is 5.93. The molecule has 110 valence electrons. The highest BCUT2D eigenvalue weighted by molar-refractivity contribution is 5.48. The Morgan fingerprint density at radius 1 is 1.45 bits per heavy atom. The SMILES string of the molecule is CC(C)N[C@@H]1c2cc([N+](=O)[O-])ccc2OC(C)(C)[C@H]1O. The van der Waals surface area contributed by atoms with E-state index in [0.29, 0.717) is 11.3 Å². The van der Waals surface area contributed by atoms with Gasteiger partial charge in [-0.2, -0.15) is 0 Å². The Morgan fingerprint density at radius 3 is 2.65 bits per heavy atom. The molecule has 0 saturated heterocycles. The fraction of sp³-hybridized carbons (Fsp3) is 0.571. The van der Waals surface area contributed by atoms with E-state index in [0.717, 1.165) is 0 Å². The number of nitrogens with zero attached hydrogens (tertiary/aromatic N) is 1. The lowest BCUT2D eigenvalue weighted by molar-refractivity contribution is -0.385. The monoisotopic (exact) mass is 280 g/mol. The molecule has 0 bridgehead atoms. The first-order valence-corrected chi connectivity index (χ1v) is 6.64. The van der Waals surface area contributed by atoms with Crippen LogP contribution < -0.4 is 10.1 Å². The molecule has 1 aliphatic rings. The molecular formula is C14H20N2O4. The van der Waals surface area contributed by atoms with Crippen LogP contribution in [0.1, 0.15) is 39.3 Å². The summed E-state index contributed by atoms with van der Waals surface area (Å²) in [7, 11) is 0. The summed E-state index contributed by atoms with van der Waals surface area (Å²) in [5.74, 6) is 0.573. The number of aliphatic hydroxyl groups is 1. The Morgan fingerprint density at radius 2 is 2.10 bits per heavy atom. The Kier molecular flexibility index (Phi) is 3.71. The molecule has 0 radical (unpaired) electrons. The normalized spacial score (nSPS) is 24.1. The number of benzene rings is 1. The van der Waals surface area contributed by atoms with Gasteiger partial charge in [0.05, 0.1) is 11.0 Å². The van der Waals surface area contributed by atoms with Gasteiger partial charge in [-0.1, -0.05) is 13.8 Å². The maximum Gasteiger partial charge on any atom is 0.270 e. The summed E-state index contributed by atoms with van der Waals surface area (Å²) in [4.78, 5) is 10.5. The van der Waals surface area contributed by atoms with Gasteiger partial charge in [0.2, 0.25) is 0 Å². The lowest BCUT2D eigenvalue weighted by Gasteiger charge is -2.43. The van der Waals surface area contributed by atoms with Gasteiger partial charge in [0.1, 0.15) is 17.5 Å². The van der Waals surface area contributed by atoms with Crippen LogP contribution in [0.25, 0.3) is 0 Å². The third-order valence-electron chi connectivity index (χ3n) is 3.45. The van der Waals surface area contributed by atoms with Crippen LogP contribution in [0.5, 0.6) is 5.75 Å². The van der Waals surface area contributed by atoms with Gasteiger partial charge in [-0.05, 0) is 19.9 Å². The van der Waals surface area contributed by atoms with Gasteiger partial charge in [0.25, 0.3) is 5.69 Å². The zero-order valence-electron chi connectivity index (χ0n) is 12.1. The lowest BCUT2D eigenvalue weighted by Crippen LogP contribution is -2.53. The zero-order valence-corrected chi connectivity index (χ0v) is 12.1. The van der Waals surface area contributed by atoms with Crippen LogP contribution >= 0.6 is 0 Å². The van der Waals surface area contributed by atoms with Crippen molar-refractivity contribution < 1.29 is 14.8 Å². The highest BCUT2D eigenvalue weighted by atomic mass is 16.6. The first-order valence-electron chi connectivity index (χ1n) is 6.64. The number of ether oxygens (including phenoxy) is 1. The van der Waals surface area contributed by atoms with Crippen molar-refractivity contribution in [1.82, 2.24) is 5.32 Å². The number of hydrogen-bond donors (Lipinski definition) is 2. The second kappa shape index (κ2) is 5.03. The van der Waals surface area contributed by atoms with Crippen molar-refractivity contribution in [3.63, 3.8) is 0 Å². The van der Waals surface area contributed by atoms with Crippen molar-refractivity contribution in [1.29, 1.82) is 0 Å². The molecule has 0 fully saturated rings. The van der Waals surface area contributed by atoms with Crippen molar-refractivity contribution in [2.24, 2.45) is 0 Å². The minimum atomic E-state index is -0.792. The second-order valence-electron chi connectivity index (χ2n) is 5.93. The first-order chi connectivity index (χ1) is 9.22. The molecule has 6 nitrogen and oxygen atoms in total. The maximum atomic E-state index is 10.9. The molecule has 0 unspecified atom stereocenters. The van der Waals surface area contributed by atoms with Crippen molar-refractivity contribution in [3.8, 4) is 5.75 Å². The van der Waals surface area contributed by atoms with Crippen LogP contribution in [0, 0.1) is 10.1 Å². The van der Waals surface area contributed by atoms with Gasteiger partial charge >= 0.3 is 0 Å². The van der Waals surface area contributed by atoms with E-state index in [1.54, 1.807) is 19.9 Å². The van der Waals surface area contributed by atoms with Gasteiger partial charge in [0.15, 0.2) is 0 Å². The molecule has 0 saturated carbocycles. The molecule has 6 heteroatoms. The van der Waals surface area contributed by atoms with E-state index < -0.39 is 22.7 Å². The number of aliphatic hydroxyl groups excluding tert-OH is 1. The highest BCUT2D eigenvalue weighted by Crippen LogP contribution is 2.41. The number of rotatable bonds is 3. The van der Waals surface area contributed by atoms with E-state index in [4.69, 9.17) is 4.74 Å². The molecule has 1 heterocycles. The van der Waals surface area contributed by atoms with Crippen molar-refractivity contribution >= 4 is 5.69 Å². The number of hydrogen-bond acceptors (Lipinski definition) is 5. The molecule has 1 aromatic carbocycles. The average Bonchev–Trinajstić information content (AvgIpc) is 2.33. The largest absolute Gasteiger partial charge is 0.485 e. The van der Waals surface area contributed by atoms with Gasteiger partial charge in [-0.3, -0.25) is 10.1 Å².